The Morgan fingerprint density at radius 1 is 0.600 bits per heavy atom. The van der Waals surface area contributed by atoms with E-state index in [9.17, 15) is 19.2 Å². The molecule has 0 heterocycles. The third-order valence-corrected chi connectivity index (χ3v) is 8.82. The Labute approximate surface area is 304 Å². The molecule has 0 saturated carbocycles. The highest BCUT2D eigenvalue weighted by Gasteiger charge is 2.12. The summed E-state index contributed by atoms with van der Waals surface area (Å²) < 4.78 is 14.9. The molecule has 0 aliphatic rings. The van der Waals surface area contributed by atoms with Crippen LogP contribution in [-0.2, 0) is 27.1 Å². The maximum absolute atomic E-state index is 11.3. The van der Waals surface area contributed by atoms with Crippen molar-refractivity contribution in [1.29, 1.82) is 0 Å². The molecule has 0 atom stereocenters. The minimum atomic E-state index is -0.845. The van der Waals surface area contributed by atoms with E-state index in [0.29, 0.717) is 22.3 Å². The van der Waals surface area contributed by atoms with Crippen LogP contribution in [0.4, 0.5) is 0 Å². The van der Waals surface area contributed by atoms with Crippen molar-refractivity contribution in [2.24, 2.45) is 0 Å². The Morgan fingerprint density at radius 2 is 0.960 bits per heavy atom. The number of aromatic carboxylic acids is 1. The van der Waals surface area contributed by atoms with E-state index in [1.54, 1.807) is 36.4 Å². The third-order valence-electron chi connectivity index (χ3n) is 7.96. The predicted molar refractivity (Wildman–Crippen MR) is 202 cm³/mol. The van der Waals surface area contributed by atoms with Crippen molar-refractivity contribution < 1.29 is 38.5 Å². The highest BCUT2D eigenvalue weighted by atomic mass is 79.9. The van der Waals surface area contributed by atoms with E-state index in [-0.39, 0.29) is 17.9 Å². The van der Waals surface area contributed by atoms with Crippen molar-refractivity contribution in [2.45, 2.75) is 54.4 Å². The fourth-order valence-electron chi connectivity index (χ4n) is 4.84. The second kappa shape index (κ2) is 21.8. The van der Waals surface area contributed by atoms with Crippen LogP contribution in [-0.4, -0.2) is 50.3 Å². The van der Waals surface area contributed by atoms with Crippen molar-refractivity contribution in [3.8, 4) is 0 Å². The Bertz CT molecular complexity index is 1790. The van der Waals surface area contributed by atoms with E-state index in [1.165, 1.54) is 26.9 Å². The minimum Gasteiger partial charge on any atom is -0.478 e. The van der Waals surface area contributed by atoms with Gasteiger partial charge in [-0.05, 0) is 110 Å². The van der Waals surface area contributed by atoms with E-state index in [0.717, 1.165) is 50.7 Å². The summed E-state index contributed by atoms with van der Waals surface area (Å²) in [7, 11) is 4.16. The molecule has 0 aliphatic carbocycles. The fraction of sp³-hybridized carbons (Fsp3) is 0.268. The van der Waals surface area contributed by atoms with Crippen LogP contribution < -0.4 is 0 Å². The normalized spacial score (nSPS) is 9.64. The van der Waals surface area contributed by atoms with Gasteiger partial charge < -0.3 is 19.3 Å². The number of methoxy groups -OCH3 is 3. The molecule has 0 unspecified atom stereocenters. The average molecular weight is 748 g/mol. The summed E-state index contributed by atoms with van der Waals surface area (Å²) in [6, 6.07) is 22.0. The van der Waals surface area contributed by atoms with Crippen LogP contribution in [0.15, 0.2) is 83.8 Å². The van der Waals surface area contributed by atoms with E-state index >= 15 is 0 Å². The minimum absolute atomic E-state index is 0.257. The second-order valence-corrected chi connectivity index (χ2v) is 11.7. The molecule has 4 aromatic carbocycles. The number of carbonyl (C=O) groups excluding carboxylic acids is 3. The zero-order chi connectivity index (χ0) is 38.0. The number of halogens is 1. The van der Waals surface area contributed by atoms with Crippen molar-refractivity contribution in [3.05, 3.63) is 145 Å². The quantitative estimate of drug-likeness (QED) is 0.147. The lowest BCUT2D eigenvalue weighted by Gasteiger charge is -2.07. The molecule has 8 nitrogen and oxygen atoms in total. The molecule has 0 spiro atoms. The van der Waals surface area contributed by atoms with Crippen molar-refractivity contribution in [1.82, 2.24) is 0 Å². The average Bonchev–Trinajstić information content (AvgIpc) is 3.12. The first-order valence-corrected chi connectivity index (χ1v) is 16.7. The van der Waals surface area contributed by atoms with E-state index in [4.69, 9.17) is 5.11 Å². The molecule has 0 amide bonds. The number of hydrogen-bond acceptors (Lipinski definition) is 7. The Balaban J connectivity index is 0.000000334. The molecule has 4 rings (SSSR count). The van der Waals surface area contributed by atoms with Gasteiger partial charge in [0.1, 0.15) is 0 Å². The molecule has 4 aromatic rings. The van der Waals surface area contributed by atoms with Gasteiger partial charge >= 0.3 is 23.9 Å². The van der Waals surface area contributed by atoms with Crippen LogP contribution in [0.2, 0.25) is 0 Å². The number of rotatable bonds is 7. The molecule has 0 aromatic heterocycles. The van der Waals surface area contributed by atoms with Gasteiger partial charge in [-0.1, -0.05) is 84.9 Å². The van der Waals surface area contributed by atoms with Gasteiger partial charge in [0.15, 0.2) is 0 Å². The zero-order valence-corrected chi connectivity index (χ0v) is 31.9. The predicted octanol–water partition coefficient (Wildman–Crippen LogP) is 9.57. The van der Waals surface area contributed by atoms with Gasteiger partial charge in [-0.25, -0.2) is 19.2 Å². The van der Waals surface area contributed by atoms with Gasteiger partial charge in [0, 0.05) is 4.47 Å². The van der Waals surface area contributed by atoms with Gasteiger partial charge in [-0.2, -0.15) is 0 Å². The highest BCUT2D eigenvalue weighted by Crippen LogP contribution is 2.20. The SMILES string of the molecule is C=Cc1cccc(C(=O)OC)c1C.CCc1cccc(C(=O)O)c1C.CCc1cccc(C(=O)OC)c1C.COC(=O)c1cccc(Br)c1C. The largest absolute Gasteiger partial charge is 0.478 e. The first-order valence-electron chi connectivity index (χ1n) is 15.9. The molecular weight excluding hydrogens is 700 g/mol. The molecule has 50 heavy (non-hydrogen) atoms. The molecule has 0 radical (unpaired) electrons. The Hall–Kier alpha value is -5.02. The summed E-state index contributed by atoms with van der Waals surface area (Å²) in [5, 5.41) is 8.79. The number of carbonyl (C=O) groups is 4. The topological polar surface area (TPSA) is 116 Å². The van der Waals surface area contributed by atoms with Crippen LogP contribution in [0.1, 0.15) is 94.2 Å². The molecular formula is C41H47BrO8. The standard InChI is InChI=1S/C11H14O2.C11H12O2.C10H12O2.C9H9BrO2/c2*1-4-9-6-5-7-10(8(9)2)11(12)13-3;1-3-8-5-4-6-9(7(8)2)10(11)12;1-6-7(9(11)12-2)4-3-5-8(6)10/h5-7H,4H2,1-3H3;4-7H,1H2,2-3H3;4-6H,3H2,1-2H3,(H,11,12);3-5H,1-2H3. The number of carboxylic acid groups (broad SMARTS) is 1. The lowest BCUT2D eigenvalue weighted by Crippen LogP contribution is -2.05. The summed E-state index contributed by atoms with van der Waals surface area (Å²) in [6.07, 6.45) is 3.55. The zero-order valence-electron chi connectivity index (χ0n) is 30.3. The van der Waals surface area contributed by atoms with Gasteiger partial charge in [0.05, 0.1) is 43.6 Å². The van der Waals surface area contributed by atoms with Gasteiger partial charge in [-0.15, -0.1) is 0 Å². The summed E-state index contributed by atoms with van der Waals surface area (Å²) >= 11 is 3.34. The van der Waals surface area contributed by atoms with Crippen LogP contribution in [0, 0.1) is 27.7 Å². The number of benzene rings is 4. The first kappa shape index (κ1) is 43.0. The molecule has 0 bridgehead atoms. The summed E-state index contributed by atoms with van der Waals surface area (Å²) in [5.41, 5.74) is 9.27. The lowest BCUT2D eigenvalue weighted by molar-refractivity contribution is 0.0591. The van der Waals surface area contributed by atoms with Gasteiger partial charge in [0.2, 0.25) is 0 Å². The van der Waals surface area contributed by atoms with Crippen LogP contribution in [0.5, 0.6) is 0 Å². The van der Waals surface area contributed by atoms with Crippen molar-refractivity contribution >= 4 is 45.9 Å². The molecule has 0 aliphatic heterocycles. The molecule has 0 saturated heterocycles. The van der Waals surface area contributed by atoms with Crippen LogP contribution >= 0.6 is 15.9 Å². The first-order chi connectivity index (χ1) is 23.7. The number of esters is 3. The molecule has 0 fully saturated rings. The highest BCUT2D eigenvalue weighted by molar-refractivity contribution is 9.10. The smallest absolute Gasteiger partial charge is 0.338 e. The third kappa shape index (κ3) is 12.1. The maximum Gasteiger partial charge on any atom is 0.338 e. The number of hydrogen-bond donors (Lipinski definition) is 1. The van der Waals surface area contributed by atoms with Gasteiger partial charge in [-0.3, -0.25) is 0 Å². The number of carboxylic acids is 1. The summed E-state index contributed by atoms with van der Waals surface area (Å²) in [6.45, 7) is 15.3. The summed E-state index contributed by atoms with van der Waals surface area (Å²) in [5.74, 6) is -1.70. The van der Waals surface area contributed by atoms with Gasteiger partial charge in [0.25, 0.3) is 0 Å². The molecule has 9 heteroatoms. The monoisotopic (exact) mass is 746 g/mol. The Kier molecular flexibility index (Phi) is 18.8. The number of aryl methyl sites for hydroxylation is 2. The second-order valence-electron chi connectivity index (χ2n) is 10.8. The van der Waals surface area contributed by atoms with Crippen LogP contribution in [0.3, 0.4) is 0 Å². The van der Waals surface area contributed by atoms with Crippen molar-refractivity contribution in [2.75, 3.05) is 21.3 Å². The van der Waals surface area contributed by atoms with E-state index in [2.05, 4.69) is 43.6 Å². The lowest BCUT2D eigenvalue weighted by atomic mass is 10.0. The van der Waals surface area contributed by atoms with Crippen LogP contribution in [0.25, 0.3) is 6.08 Å². The summed E-state index contributed by atoms with van der Waals surface area (Å²) in [4.78, 5) is 44.4. The molecule has 266 valence electrons. The van der Waals surface area contributed by atoms with E-state index in [1.807, 2.05) is 77.1 Å². The fourth-order valence-corrected chi connectivity index (χ4v) is 5.21. The number of ether oxygens (including phenoxy) is 3. The van der Waals surface area contributed by atoms with Crippen molar-refractivity contribution in [3.63, 3.8) is 0 Å². The van der Waals surface area contributed by atoms with E-state index < -0.39 is 5.97 Å². The Morgan fingerprint density at radius 3 is 1.36 bits per heavy atom. The molecule has 1 N–H and O–H groups in total. The maximum atomic E-state index is 11.3.